The highest BCUT2D eigenvalue weighted by molar-refractivity contribution is 5.79. The van der Waals surface area contributed by atoms with Gasteiger partial charge >= 0.3 is 0 Å². The quantitative estimate of drug-likeness (QED) is 0.711. The fraction of sp³-hybridized carbons (Fsp3) is 0.350. The van der Waals surface area contributed by atoms with Crippen molar-refractivity contribution in [2.24, 2.45) is 0 Å². The molecule has 0 unspecified atom stereocenters. The van der Waals surface area contributed by atoms with Crippen molar-refractivity contribution in [3.8, 4) is 5.69 Å². The summed E-state index contributed by atoms with van der Waals surface area (Å²) >= 11 is 0. The monoisotopic (exact) mass is 349 g/mol. The van der Waals surface area contributed by atoms with E-state index in [4.69, 9.17) is 0 Å². The van der Waals surface area contributed by atoms with Crippen LogP contribution in [-0.2, 0) is 17.8 Å². The van der Waals surface area contributed by atoms with Gasteiger partial charge in [-0.25, -0.2) is 4.68 Å². The molecule has 3 heterocycles. The molecule has 0 aliphatic carbocycles. The summed E-state index contributed by atoms with van der Waals surface area (Å²) < 4.78 is 3.76. The molecule has 1 aliphatic heterocycles. The molecular weight excluding hydrogens is 326 g/mol. The Morgan fingerprint density at radius 2 is 2.00 bits per heavy atom. The normalized spacial score (nSPS) is 17.0. The van der Waals surface area contributed by atoms with E-state index in [1.165, 1.54) is 0 Å². The molecule has 6 nitrogen and oxygen atoms in total. The lowest BCUT2D eigenvalue weighted by molar-refractivity contribution is -0.131. The molecule has 1 fully saturated rings. The summed E-state index contributed by atoms with van der Waals surface area (Å²) in [7, 11) is 0. The van der Waals surface area contributed by atoms with E-state index in [9.17, 15) is 4.79 Å². The summed E-state index contributed by atoms with van der Waals surface area (Å²) in [4.78, 5) is 14.8. The Hall–Kier alpha value is -2.89. The second-order valence-electron chi connectivity index (χ2n) is 6.93. The minimum atomic E-state index is 0.170. The number of para-hydroxylation sites is 1. The highest BCUT2D eigenvalue weighted by atomic mass is 16.2. The number of carbonyl (C=O) groups excluding carboxylic acids is 1. The fourth-order valence-electron chi connectivity index (χ4n) is 3.59. The van der Waals surface area contributed by atoms with Gasteiger partial charge in [0.05, 0.1) is 37.1 Å². The predicted octanol–water partition coefficient (Wildman–Crippen LogP) is 2.61. The van der Waals surface area contributed by atoms with Crippen LogP contribution in [0.1, 0.15) is 24.0 Å². The molecule has 1 aromatic carbocycles. The molecular formula is C20H23N5O. The van der Waals surface area contributed by atoms with Gasteiger partial charge in [0, 0.05) is 18.9 Å². The fourth-order valence-corrected chi connectivity index (χ4v) is 3.59. The lowest BCUT2D eigenvalue weighted by atomic mass is 10.2. The SMILES string of the molecule is Cc1cnn(C[C@@H]2CCCN2C(=O)Cc2cnn(-c3ccccc3)c2)c1. The molecule has 1 atom stereocenters. The number of aromatic nitrogens is 4. The molecule has 2 aromatic heterocycles. The van der Waals surface area contributed by atoms with Gasteiger partial charge < -0.3 is 4.90 Å². The van der Waals surface area contributed by atoms with Gasteiger partial charge in [-0.2, -0.15) is 10.2 Å². The molecule has 1 saturated heterocycles. The Labute approximate surface area is 153 Å². The molecule has 1 aliphatic rings. The van der Waals surface area contributed by atoms with Crippen LogP contribution in [0.2, 0.25) is 0 Å². The number of rotatable bonds is 5. The first-order valence-electron chi connectivity index (χ1n) is 9.06. The molecule has 1 amide bonds. The molecule has 0 radical (unpaired) electrons. The van der Waals surface area contributed by atoms with E-state index in [2.05, 4.69) is 10.2 Å². The van der Waals surface area contributed by atoms with E-state index in [1.54, 1.807) is 6.20 Å². The number of aryl methyl sites for hydroxylation is 1. The molecule has 0 saturated carbocycles. The predicted molar refractivity (Wildman–Crippen MR) is 99.0 cm³/mol. The summed E-state index contributed by atoms with van der Waals surface area (Å²) in [5, 5.41) is 8.75. The Balaban J connectivity index is 1.42. The first-order valence-corrected chi connectivity index (χ1v) is 9.06. The third-order valence-electron chi connectivity index (χ3n) is 4.87. The average Bonchev–Trinajstić information content (AvgIpc) is 3.38. The topological polar surface area (TPSA) is 56.0 Å². The number of benzene rings is 1. The molecule has 6 heteroatoms. The average molecular weight is 349 g/mol. The zero-order valence-corrected chi connectivity index (χ0v) is 15.0. The Morgan fingerprint density at radius 3 is 2.77 bits per heavy atom. The number of hydrogen-bond acceptors (Lipinski definition) is 3. The van der Waals surface area contributed by atoms with Crippen LogP contribution in [-0.4, -0.2) is 43.0 Å². The highest BCUT2D eigenvalue weighted by Gasteiger charge is 2.29. The van der Waals surface area contributed by atoms with Crippen LogP contribution in [0, 0.1) is 6.92 Å². The molecule has 0 bridgehead atoms. The highest BCUT2D eigenvalue weighted by Crippen LogP contribution is 2.20. The number of nitrogens with zero attached hydrogens (tertiary/aromatic N) is 5. The van der Waals surface area contributed by atoms with Crippen molar-refractivity contribution < 1.29 is 4.79 Å². The minimum absolute atomic E-state index is 0.170. The molecule has 0 N–H and O–H groups in total. The Kier molecular flexibility index (Phi) is 4.56. The molecule has 134 valence electrons. The van der Waals surface area contributed by atoms with Crippen LogP contribution in [0.5, 0.6) is 0 Å². The maximum atomic E-state index is 12.8. The van der Waals surface area contributed by atoms with Crippen LogP contribution < -0.4 is 0 Å². The van der Waals surface area contributed by atoms with Crippen molar-refractivity contribution in [1.29, 1.82) is 0 Å². The van der Waals surface area contributed by atoms with Gasteiger partial charge in [-0.15, -0.1) is 0 Å². The summed E-state index contributed by atoms with van der Waals surface area (Å²) in [6, 6.07) is 10.2. The summed E-state index contributed by atoms with van der Waals surface area (Å²) in [5.41, 5.74) is 3.09. The summed E-state index contributed by atoms with van der Waals surface area (Å²) in [6.07, 6.45) is 10.1. The standard InChI is InChI=1S/C20H23N5O/c1-16-11-21-23(13-16)15-19-8-5-9-24(19)20(26)10-17-12-22-25(14-17)18-6-3-2-4-7-18/h2-4,6-7,11-14,19H,5,8-10,15H2,1H3/t19-/m0/s1. The van der Waals surface area contributed by atoms with Crippen LogP contribution in [0.4, 0.5) is 0 Å². The van der Waals surface area contributed by atoms with Gasteiger partial charge in [0.25, 0.3) is 0 Å². The van der Waals surface area contributed by atoms with Crippen LogP contribution >= 0.6 is 0 Å². The van der Waals surface area contributed by atoms with Crippen LogP contribution in [0.25, 0.3) is 5.69 Å². The smallest absolute Gasteiger partial charge is 0.227 e. The van der Waals surface area contributed by atoms with Crippen molar-refractivity contribution in [2.45, 2.75) is 38.8 Å². The zero-order valence-electron chi connectivity index (χ0n) is 15.0. The van der Waals surface area contributed by atoms with E-state index < -0.39 is 0 Å². The lowest BCUT2D eigenvalue weighted by Crippen LogP contribution is -2.39. The summed E-state index contributed by atoms with van der Waals surface area (Å²) in [6.45, 7) is 3.63. The van der Waals surface area contributed by atoms with E-state index in [1.807, 2.05) is 70.1 Å². The Bertz CT molecular complexity index is 883. The third-order valence-corrected chi connectivity index (χ3v) is 4.87. The van der Waals surface area contributed by atoms with E-state index >= 15 is 0 Å². The molecule has 0 spiro atoms. The molecule has 3 aromatic rings. The van der Waals surface area contributed by atoms with Crippen LogP contribution in [0.3, 0.4) is 0 Å². The van der Waals surface area contributed by atoms with Gasteiger partial charge in [0.1, 0.15) is 0 Å². The van der Waals surface area contributed by atoms with Gasteiger partial charge in [-0.3, -0.25) is 9.48 Å². The minimum Gasteiger partial charge on any atom is -0.338 e. The summed E-state index contributed by atoms with van der Waals surface area (Å²) in [5.74, 6) is 0.170. The maximum absolute atomic E-state index is 12.8. The Morgan fingerprint density at radius 1 is 1.15 bits per heavy atom. The van der Waals surface area contributed by atoms with E-state index in [-0.39, 0.29) is 11.9 Å². The third kappa shape index (κ3) is 3.54. The number of carbonyl (C=O) groups is 1. The van der Waals surface area contributed by atoms with Gasteiger partial charge in [0.15, 0.2) is 0 Å². The molecule has 4 rings (SSSR count). The van der Waals surface area contributed by atoms with Crippen molar-refractivity contribution >= 4 is 5.91 Å². The second-order valence-corrected chi connectivity index (χ2v) is 6.93. The van der Waals surface area contributed by atoms with Crippen molar-refractivity contribution in [2.75, 3.05) is 6.54 Å². The van der Waals surface area contributed by atoms with E-state index in [0.29, 0.717) is 6.42 Å². The first-order chi connectivity index (χ1) is 12.7. The van der Waals surface area contributed by atoms with Crippen molar-refractivity contribution in [1.82, 2.24) is 24.5 Å². The van der Waals surface area contributed by atoms with Crippen molar-refractivity contribution in [3.05, 3.63) is 66.2 Å². The number of amides is 1. The number of hydrogen-bond donors (Lipinski definition) is 0. The van der Waals surface area contributed by atoms with E-state index in [0.717, 1.165) is 42.7 Å². The van der Waals surface area contributed by atoms with Crippen molar-refractivity contribution in [3.63, 3.8) is 0 Å². The largest absolute Gasteiger partial charge is 0.338 e. The van der Waals surface area contributed by atoms with Crippen LogP contribution in [0.15, 0.2) is 55.1 Å². The lowest BCUT2D eigenvalue weighted by Gasteiger charge is -2.24. The zero-order chi connectivity index (χ0) is 17.9. The van der Waals surface area contributed by atoms with Gasteiger partial charge in [0.2, 0.25) is 5.91 Å². The first kappa shape index (κ1) is 16.6. The second kappa shape index (κ2) is 7.15. The molecule has 26 heavy (non-hydrogen) atoms. The van der Waals surface area contributed by atoms with Gasteiger partial charge in [-0.1, -0.05) is 18.2 Å². The van der Waals surface area contributed by atoms with Gasteiger partial charge in [-0.05, 0) is 43.0 Å². The maximum Gasteiger partial charge on any atom is 0.227 e. The number of likely N-dealkylation sites (tertiary alicyclic amines) is 1.